The van der Waals surface area contributed by atoms with Crippen molar-refractivity contribution in [1.82, 2.24) is 0 Å². The second-order valence-corrected chi connectivity index (χ2v) is 12.5. The number of epoxide rings is 2. The summed E-state index contributed by atoms with van der Waals surface area (Å²) < 4.78 is 35.9. The van der Waals surface area contributed by atoms with Gasteiger partial charge in [-0.15, -0.1) is 0 Å². The van der Waals surface area contributed by atoms with Crippen LogP contribution in [-0.4, -0.2) is 107 Å². The van der Waals surface area contributed by atoms with Crippen molar-refractivity contribution >= 4 is 11.9 Å². The lowest BCUT2D eigenvalue weighted by Gasteiger charge is -2.58. The number of rotatable bonds is 1. The van der Waals surface area contributed by atoms with Crippen LogP contribution in [0.25, 0.3) is 0 Å². The lowest BCUT2D eigenvalue weighted by Crippen LogP contribution is -2.68. The highest BCUT2D eigenvalue weighted by Gasteiger charge is 2.83. The fourth-order valence-electron chi connectivity index (χ4n) is 7.38. The molecule has 0 aromatic heterocycles. The Morgan fingerprint density at radius 1 is 1.10 bits per heavy atom. The molecule has 0 aromatic carbocycles. The smallest absolute Gasteiger partial charge is 0.338 e. The van der Waals surface area contributed by atoms with Crippen molar-refractivity contribution in [2.75, 3.05) is 19.8 Å². The zero-order chi connectivity index (χ0) is 28.7. The molecular weight excluding hydrogens is 524 g/mol. The number of hydrogen-bond donors (Lipinski definition) is 3. The molecule has 40 heavy (non-hydrogen) atoms. The monoisotopic (exact) mass is 562 g/mol. The fourth-order valence-corrected chi connectivity index (χ4v) is 7.38. The first-order chi connectivity index (χ1) is 18.9. The van der Waals surface area contributed by atoms with Crippen molar-refractivity contribution in [1.29, 1.82) is 0 Å². The molecule has 6 aliphatic rings. The van der Waals surface area contributed by atoms with Gasteiger partial charge in [0.15, 0.2) is 6.10 Å². The number of aliphatic hydroxyl groups is 3. The Labute approximate surface area is 232 Å². The highest BCUT2D eigenvalue weighted by molar-refractivity contribution is 5.82. The van der Waals surface area contributed by atoms with Crippen molar-refractivity contribution in [3.8, 4) is 0 Å². The molecule has 2 aliphatic carbocycles. The van der Waals surface area contributed by atoms with Crippen LogP contribution in [0.3, 0.4) is 0 Å². The third-order valence-corrected chi connectivity index (χ3v) is 10.3. The van der Waals surface area contributed by atoms with Crippen LogP contribution in [0, 0.1) is 10.8 Å². The Bertz CT molecular complexity index is 1160. The average molecular weight is 563 g/mol. The minimum Gasteiger partial charge on any atom is -0.463 e. The normalized spacial score (nSPS) is 52.6. The summed E-state index contributed by atoms with van der Waals surface area (Å²) in [4.78, 5) is 26.3. The topological polar surface area (TPSA) is 157 Å². The number of cyclic esters (lactones) is 1. The Morgan fingerprint density at radius 2 is 1.85 bits per heavy atom. The molecule has 0 amide bonds. The third-order valence-electron chi connectivity index (χ3n) is 10.3. The van der Waals surface area contributed by atoms with Crippen LogP contribution >= 0.6 is 0 Å². The minimum atomic E-state index is -1.22. The van der Waals surface area contributed by atoms with Crippen LogP contribution in [0.1, 0.15) is 40.5 Å². The predicted octanol–water partition coefficient (Wildman–Crippen LogP) is 0.496. The largest absolute Gasteiger partial charge is 0.463 e. The summed E-state index contributed by atoms with van der Waals surface area (Å²) >= 11 is 0. The Balaban J connectivity index is 1.38. The number of allylic oxidation sites excluding steroid dienone is 2. The molecule has 2 bridgehead atoms. The first-order valence-corrected chi connectivity index (χ1v) is 13.9. The van der Waals surface area contributed by atoms with Gasteiger partial charge in [-0.1, -0.05) is 31.2 Å². The van der Waals surface area contributed by atoms with Crippen LogP contribution in [0.2, 0.25) is 0 Å². The van der Waals surface area contributed by atoms with Gasteiger partial charge in [-0.05, 0) is 32.8 Å². The predicted molar refractivity (Wildman–Crippen MR) is 137 cm³/mol. The molecule has 6 rings (SSSR count). The number of aliphatic hydroxyl groups excluding tert-OH is 3. The highest BCUT2D eigenvalue weighted by atomic mass is 16.7. The highest BCUT2D eigenvalue weighted by Crippen LogP contribution is 2.72. The van der Waals surface area contributed by atoms with E-state index in [0.29, 0.717) is 13.0 Å². The van der Waals surface area contributed by atoms with Crippen LogP contribution in [-0.2, 0) is 38.0 Å². The Kier molecular flexibility index (Phi) is 6.62. The van der Waals surface area contributed by atoms with E-state index in [1.807, 2.05) is 19.9 Å². The summed E-state index contributed by atoms with van der Waals surface area (Å²) in [6, 6.07) is 0. The maximum Gasteiger partial charge on any atom is 0.338 e. The molecule has 2 spiro atoms. The molecule has 11 heteroatoms. The number of carbonyl (C=O) groups is 2. The van der Waals surface area contributed by atoms with E-state index in [9.17, 15) is 24.9 Å². The molecule has 0 radical (unpaired) electrons. The van der Waals surface area contributed by atoms with Crippen LogP contribution < -0.4 is 0 Å². The summed E-state index contributed by atoms with van der Waals surface area (Å²) in [5.74, 6) is -1.23. The molecule has 1 unspecified atom stereocenters. The molecule has 12 atom stereocenters. The van der Waals surface area contributed by atoms with Gasteiger partial charge in [0.1, 0.15) is 36.1 Å². The molecule has 220 valence electrons. The van der Waals surface area contributed by atoms with E-state index in [-0.39, 0.29) is 25.7 Å². The minimum absolute atomic E-state index is 0.134. The number of hydrogen-bond acceptors (Lipinski definition) is 11. The van der Waals surface area contributed by atoms with E-state index in [2.05, 4.69) is 0 Å². The van der Waals surface area contributed by atoms with Gasteiger partial charge in [-0.25, -0.2) is 9.59 Å². The molecule has 4 aliphatic heterocycles. The maximum atomic E-state index is 13.3. The lowest BCUT2D eigenvalue weighted by atomic mass is 9.51. The quantitative estimate of drug-likeness (QED) is 0.232. The second-order valence-electron chi connectivity index (χ2n) is 12.5. The van der Waals surface area contributed by atoms with Gasteiger partial charge in [0, 0.05) is 17.9 Å². The second kappa shape index (κ2) is 9.45. The van der Waals surface area contributed by atoms with Gasteiger partial charge in [0.2, 0.25) is 0 Å². The standard InChI is InChI=1S/C29H38O11/c1-15-9-21-28(11-17(15)31)13-36-25(34)24-26(3,40-24)19(32)12-35-18(16(2)30)7-5-6-8-23(33)39-20-10-22(38-21)29(14-37-29)27(20,28)4/h5-9,16-22,24,30-32H,10-14H2,1-4H3/b7-5-,8-6-/t16-,17-,18-,19+,20-,21-,22+,24-,26-,27-,28?,29-/m1/s1. The van der Waals surface area contributed by atoms with E-state index >= 15 is 0 Å². The van der Waals surface area contributed by atoms with Crippen molar-refractivity contribution in [2.45, 2.75) is 101 Å². The van der Waals surface area contributed by atoms with E-state index in [1.165, 1.54) is 12.2 Å². The SMILES string of the molecule is CC1=C[C@H]2O[C@H]3C[C@H]4OC(=O)/C=C\C=C/[C@H]([C@@H](C)O)OC[C@H](O)[C@@]5(C)O[C@@H]5C(=O)OCC2(C[C@H]1O)[C@]4(C)[C@@]31CO1. The molecule has 11 nitrogen and oxygen atoms in total. The first kappa shape index (κ1) is 28.0. The van der Waals surface area contributed by atoms with Crippen molar-refractivity contribution in [3.05, 3.63) is 36.0 Å². The molecule has 1 saturated carbocycles. The number of carbonyl (C=O) groups excluding carboxylic acids is 2. The molecule has 3 N–H and O–H groups in total. The molecular formula is C29H38O11. The number of esters is 2. The summed E-state index contributed by atoms with van der Waals surface area (Å²) in [5, 5.41) is 31.9. The fraction of sp³-hybridized carbons (Fsp3) is 0.724. The van der Waals surface area contributed by atoms with E-state index in [1.54, 1.807) is 26.0 Å². The molecule has 4 fully saturated rings. The van der Waals surface area contributed by atoms with Crippen LogP contribution in [0.4, 0.5) is 0 Å². The third kappa shape index (κ3) is 3.97. The summed E-state index contributed by atoms with van der Waals surface area (Å²) in [5.41, 5.74) is -3.03. The van der Waals surface area contributed by atoms with Crippen molar-refractivity contribution < 1.29 is 53.3 Å². The summed E-state index contributed by atoms with van der Waals surface area (Å²) in [6.07, 6.45) is 2.24. The number of ether oxygens (including phenoxy) is 6. The van der Waals surface area contributed by atoms with Crippen molar-refractivity contribution in [3.63, 3.8) is 0 Å². The zero-order valence-corrected chi connectivity index (χ0v) is 23.1. The number of fused-ring (bicyclic) bond motifs is 1. The zero-order valence-electron chi connectivity index (χ0n) is 23.1. The Morgan fingerprint density at radius 3 is 2.55 bits per heavy atom. The van der Waals surface area contributed by atoms with Gasteiger partial charge in [0.25, 0.3) is 0 Å². The van der Waals surface area contributed by atoms with E-state index < -0.39 is 76.7 Å². The lowest BCUT2D eigenvalue weighted by molar-refractivity contribution is -0.239. The average Bonchev–Trinajstić information content (AvgIpc) is 3.81. The van der Waals surface area contributed by atoms with Gasteiger partial charge in [-0.2, -0.15) is 0 Å². The summed E-state index contributed by atoms with van der Waals surface area (Å²) in [7, 11) is 0. The first-order valence-electron chi connectivity index (χ1n) is 13.9. The Hall–Kier alpha value is -2.12. The maximum absolute atomic E-state index is 13.3. The van der Waals surface area contributed by atoms with Gasteiger partial charge < -0.3 is 43.7 Å². The van der Waals surface area contributed by atoms with Gasteiger partial charge >= 0.3 is 11.9 Å². The molecule has 0 aromatic rings. The van der Waals surface area contributed by atoms with E-state index in [4.69, 9.17) is 28.4 Å². The van der Waals surface area contributed by atoms with Gasteiger partial charge in [0.05, 0.1) is 43.0 Å². The van der Waals surface area contributed by atoms with Crippen molar-refractivity contribution in [2.24, 2.45) is 10.8 Å². The van der Waals surface area contributed by atoms with E-state index in [0.717, 1.165) is 5.57 Å². The van der Waals surface area contributed by atoms with Crippen LogP contribution in [0.15, 0.2) is 36.0 Å². The molecule has 3 saturated heterocycles. The summed E-state index contributed by atoms with van der Waals surface area (Å²) in [6.45, 7) is 7.03. The molecule has 4 heterocycles. The van der Waals surface area contributed by atoms with Crippen LogP contribution in [0.5, 0.6) is 0 Å². The van der Waals surface area contributed by atoms with Gasteiger partial charge in [-0.3, -0.25) is 0 Å².